The van der Waals surface area contributed by atoms with Crippen LogP contribution in [-0.2, 0) is 11.3 Å². The van der Waals surface area contributed by atoms with Crippen LogP contribution in [0, 0.1) is 5.92 Å². The number of pyridine rings is 1. The van der Waals surface area contributed by atoms with Crippen molar-refractivity contribution >= 4 is 5.78 Å². The molecule has 92 valence electrons. The van der Waals surface area contributed by atoms with Crippen molar-refractivity contribution in [3.05, 3.63) is 30.1 Å². The highest BCUT2D eigenvalue weighted by Gasteiger charge is 2.25. The van der Waals surface area contributed by atoms with Crippen molar-refractivity contribution in [2.24, 2.45) is 5.92 Å². The topological polar surface area (TPSA) is 33.2 Å². The zero-order valence-corrected chi connectivity index (χ0v) is 10.4. The highest BCUT2D eigenvalue weighted by molar-refractivity contribution is 5.83. The van der Waals surface area contributed by atoms with Crippen LogP contribution >= 0.6 is 0 Å². The van der Waals surface area contributed by atoms with Crippen LogP contribution in [0.3, 0.4) is 0 Å². The number of hydrogen-bond donors (Lipinski definition) is 0. The number of nitrogens with zero attached hydrogens (tertiary/aromatic N) is 2. The predicted molar refractivity (Wildman–Crippen MR) is 67.5 cm³/mol. The summed E-state index contributed by atoms with van der Waals surface area (Å²) in [5, 5.41) is 0. The van der Waals surface area contributed by atoms with E-state index < -0.39 is 0 Å². The Morgan fingerprint density at radius 2 is 2.35 bits per heavy atom. The van der Waals surface area contributed by atoms with Crippen LogP contribution in [-0.4, -0.2) is 28.8 Å². The number of rotatable bonds is 5. The molecule has 17 heavy (non-hydrogen) atoms. The molecule has 1 aromatic heterocycles. The number of carbonyl (C=O) groups excluding carboxylic acids is 1. The first-order chi connectivity index (χ1) is 8.29. The summed E-state index contributed by atoms with van der Waals surface area (Å²) in [5.74, 6) is 0.711. The van der Waals surface area contributed by atoms with Gasteiger partial charge in [0, 0.05) is 31.6 Å². The largest absolute Gasteiger partial charge is 0.299 e. The quantitative estimate of drug-likeness (QED) is 0.781. The Morgan fingerprint density at radius 1 is 1.47 bits per heavy atom. The van der Waals surface area contributed by atoms with E-state index in [0.717, 1.165) is 44.6 Å². The smallest absolute Gasteiger partial charge is 0.137 e. The highest BCUT2D eigenvalue weighted by atomic mass is 16.1. The summed E-state index contributed by atoms with van der Waals surface area (Å²) in [5.41, 5.74) is 1.08. The third-order valence-corrected chi connectivity index (χ3v) is 3.47. The van der Waals surface area contributed by atoms with Crippen molar-refractivity contribution < 1.29 is 4.79 Å². The molecule has 0 amide bonds. The Bertz CT molecular complexity index is 364. The number of Topliss-reactive ketones (excluding diaryl/α,β-unsaturated/α-hetero) is 1. The van der Waals surface area contributed by atoms with Gasteiger partial charge in [-0.25, -0.2) is 0 Å². The first-order valence-electron chi connectivity index (χ1n) is 6.44. The summed E-state index contributed by atoms with van der Waals surface area (Å²) in [6.45, 7) is 4.86. The number of carbonyl (C=O) groups is 1. The van der Waals surface area contributed by atoms with Gasteiger partial charge in [-0.1, -0.05) is 13.0 Å². The maximum absolute atomic E-state index is 11.6. The van der Waals surface area contributed by atoms with Crippen LogP contribution in [0.5, 0.6) is 0 Å². The lowest BCUT2D eigenvalue weighted by Gasteiger charge is -2.22. The molecule has 1 fully saturated rings. The molecule has 1 atom stereocenters. The second kappa shape index (κ2) is 5.92. The molecular formula is C14H20N2O. The second-order valence-corrected chi connectivity index (χ2v) is 4.70. The monoisotopic (exact) mass is 232 g/mol. The Labute approximate surface area is 103 Å². The molecular weight excluding hydrogens is 212 g/mol. The lowest BCUT2D eigenvalue weighted by Crippen LogP contribution is -2.31. The van der Waals surface area contributed by atoms with Gasteiger partial charge in [0.1, 0.15) is 5.78 Å². The Hall–Kier alpha value is -1.22. The van der Waals surface area contributed by atoms with Crippen LogP contribution in [0.1, 0.15) is 31.9 Å². The van der Waals surface area contributed by atoms with Gasteiger partial charge in [0.25, 0.3) is 0 Å². The van der Waals surface area contributed by atoms with E-state index in [1.54, 1.807) is 0 Å². The van der Waals surface area contributed by atoms with Gasteiger partial charge >= 0.3 is 0 Å². The maximum Gasteiger partial charge on any atom is 0.137 e. The Kier molecular flexibility index (Phi) is 4.26. The summed E-state index contributed by atoms with van der Waals surface area (Å²) in [6, 6.07) is 5.98. The van der Waals surface area contributed by atoms with E-state index in [1.807, 2.05) is 24.4 Å². The van der Waals surface area contributed by atoms with Gasteiger partial charge in [0.15, 0.2) is 0 Å². The normalized spacial score (nSPS) is 20.1. The molecule has 0 spiro atoms. The molecule has 1 heterocycles. The lowest BCUT2D eigenvalue weighted by molar-refractivity contribution is -0.121. The molecule has 1 unspecified atom stereocenters. The van der Waals surface area contributed by atoms with E-state index in [2.05, 4.69) is 16.8 Å². The van der Waals surface area contributed by atoms with Gasteiger partial charge in [0.05, 0.1) is 5.69 Å². The number of ketones is 1. The van der Waals surface area contributed by atoms with Crippen LogP contribution in [0.4, 0.5) is 0 Å². The molecule has 1 aliphatic rings. The molecule has 0 N–H and O–H groups in total. The van der Waals surface area contributed by atoms with Gasteiger partial charge in [-0.2, -0.15) is 0 Å². The van der Waals surface area contributed by atoms with E-state index in [4.69, 9.17) is 0 Å². The fourth-order valence-corrected chi connectivity index (χ4v) is 2.42. The molecule has 0 radical (unpaired) electrons. The SMILES string of the molecule is CCN(Cc1ccccn1)CC1CCCC1=O. The van der Waals surface area contributed by atoms with Crippen molar-refractivity contribution in [1.82, 2.24) is 9.88 Å². The van der Waals surface area contributed by atoms with Crippen molar-refractivity contribution in [1.29, 1.82) is 0 Å². The minimum Gasteiger partial charge on any atom is -0.299 e. The van der Waals surface area contributed by atoms with E-state index in [-0.39, 0.29) is 5.92 Å². The summed E-state index contributed by atoms with van der Waals surface area (Å²) >= 11 is 0. The fourth-order valence-electron chi connectivity index (χ4n) is 2.42. The first-order valence-corrected chi connectivity index (χ1v) is 6.44. The van der Waals surface area contributed by atoms with E-state index in [9.17, 15) is 4.79 Å². The van der Waals surface area contributed by atoms with Crippen molar-refractivity contribution in [3.63, 3.8) is 0 Å². The molecule has 0 bridgehead atoms. The zero-order valence-electron chi connectivity index (χ0n) is 10.4. The molecule has 1 aromatic rings. The van der Waals surface area contributed by atoms with Gasteiger partial charge in [-0.3, -0.25) is 14.7 Å². The summed E-state index contributed by atoms with van der Waals surface area (Å²) in [4.78, 5) is 18.3. The van der Waals surface area contributed by atoms with Crippen molar-refractivity contribution in [3.8, 4) is 0 Å². The molecule has 2 rings (SSSR count). The Morgan fingerprint density at radius 3 is 2.94 bits per heavy atom. The van der Waals surface area contributed by atoms with Crippen molar-refractivity contribution in [2.45, 2.75) is 32.7 Å². The molecule has 0 saturated heterocycles. The number of hydrogen-bond acceptors (Lipinski definition) is 3. The van der Waals surface area contributed by atoms with Crippen LogP contribution < -0.4 is 0 Å². The number of aromatic nitrogens is 1. The second-order valence-electron chi connectivity index (χ2n) is 4.70. The highest BCUT2D eigenvalue weighted by Crippen LogP contribution is 2.22. The average molecular weight is 232 g/mol. The molecule has 1 aliphatic carbocycles. The van der Waals surface area contributed by atoms with Gasteiger partial charge < -0.3 is 0 Å². The first kappa shape index (κ1) is 12.2. The third-order valence-electron chi connectivity index (χ3n) is 3.47. The minimum atomic E-state index is 0.263. The van der Waals surface area contributed by atoms with Crippen molar-refractivity contribution in [2.75, 3.05) is 13.1 Å². The maximum atomic E-state index is 11.6. The Balaban J connectivity index is 1.90. The molecule has 0 aromatic carbocycles. The molecule has 1 saturated carbocycles. The van der Waals surface area contributed by atoms with Crippen LogP contribution in [0.2, 0.25) is 0 Å². The molecule has 3 heteroatoms. The van der Waals surface area contributed by atoms with Crippen LogP contribution in [0.15, 0.2) is 24.4 Å². The van der Waals surface area contributed by atoms with E-state index >= 15 is 0 Å². The molecule has 0 aliphatic heterocycles. The summed E-state index contributed by atoms with van der Waals surface area (Å²) in [6.07, 6.45) is 4.75. The van der Waals surface area contributed by atoms with E-state index in [0.29, 0.717) is 5.78 Å². The van der Waals surface area contributed by atoms with Gasteiger partial charge in [-0.15, -0.1) is 0 Å². The fraction of sp³-hybridized carbons (Fsp3) is 0.571. The van der Waals surface area contributed by atoms with Gasteiger partial charge in [-0.05, 0) is 31.5 Å². The lowest BCUT2D eigenvalue weighted by atomic mass is 10.1. The zero-order chi connectivity index (χ0) is 12.1. The van der Waals surface area contributed by atoms with Crippen LogP contribution in [0.25, 0.3) is 0 Å². The summed E-state index contributed by atoms with van der Waals surface area (Å²) in [7, 11) is 0. The minimum absolute atomic E-state index is 0.263. The average Bonchev–Trinajstić information content (AvgIpc) is 2.75. The standard InChI is InChI=1S/C14H20N2O/c1-2-16(10-12-6-5-8-14(12)17)11-13-7-3-4-9-15-13/h3-4,7,9,12H,2,5-6,8,10-11H2,1H3. The predicted octanol–water partition coefficient (Wildman–Crippen LogP) is 2.27. The third kappa shape index (κ3) is 3.37. The van der Waals surface area contributed by atoms with Gasteiger partial charge in [0.2, 0.25) is 0 Å². The molecule has 3 nitrogen and oxygen atoms in total. The van der Waals surface area contributed by atoms with E-state index in [1.165, 1.54) is 0 Å². The summed E-state index contributed by atoms with van der Waals surface area (Å²) < 4.78 is 0.